The summed E-state index contributed by atoms with van der Waals surface area (Å²) in [4.78, 5) is 28.3. The van der Waals surface area contributed by atoms with Crippen molar-refractivity contribution in [1.29, 1.82) is 0 Å². The van der Waals surface area contributed by atoms with Gasteiger partial charge in [0.25, 0.3) is 0 Å². The summed E-state index contributed by atoms with van der Waals surface area (Å²) in [6, 6.07) is 15.7. The van der Waals surface area contributed by atoms with Crippen molar-refractivity contribution in [2.75, 3.05) is 5.32 Å². The van der Waals surface area contributed by atoms with Crippen LogP contribution in [0.4, 0.5) is 5.69 Å². The van der Waals surface area contributed by atoms with Crippen LogP contribution in [0.15, 0.2) is 48.5 Å². The summed E-state index contributed by atoms with van der Waals surface area (Å²) < 4.78 is 1.19. The molecular formula is C22H25N3O2S. The second kappa shape index (κ2) is 9.99. The fourth-order valence-corrected chi connectivity index (χ4v) is 3.88. The van der Waals surface area contributed by atoms with Crippen molar-refractivity contribution in [2.24, 2.45) is 0 Å². The second-order valence-electron chi connectivity index (χ2n) is 6.70. The fourth-order valence-electron chi connectivity index (χ4n) is 2.87. The Bertz CT molecular complexity index is 901. The third-order valence-electron chi connectivity index (χ3n) is 4.34. The number of nitrogens with zero attached hydrogens (tertiary/aromatic N) is 1. The van der Waals surface area contributed by atoms with Crippen molar-refractivity contribution < 1.29 is 9.59 Å². The highest BCUT2D eigenvalue weighted by Gasteiger charge is 2.06. The van der Waals surface area contributed by atoms with Crippen molar-refractivity contribution in [1.82, 2.24) is 10.3 Å². The van der Waals surface area contributed by atoms with Crippen LogP contribution in [0.2, 0.25) is 0 Å². The van der Waals surface area contributed by atoms with Crippen molar-refractivity contribution in [3.63, 3.8) is 0 Å². The summed E-state index contributed by atoms with van der Waals surface area (Å²) >= 11 is 1.69. The lowest BCUT2D eigenvalue weighted by Crippen LogP contribution is -2.22. The first-order valence-electron chi connectivity index (χ1n) is 9.64. The number of carbonyl (C=O) groups excluding carboxylic acids is 2. The maximum atomic E-state index is 12.1. The molecule has 146 valence electrons. The third kappa shape index (κ3) is 5.89. The Labute approximate surface area is 169 Å². The molecule has 0 bridgehead atoms. The fraction of sp³-hybridized carbons (Fsp3) is 0.318. The minimum absolute atomic E-state index is 0.0247. The molecule has 2 aromatic carbocycles. The zero-order chi connectivity index (χ0) is 19.8. The van der Waals surface area contributed by atoms with Crippen molar-refractivity contribution >= 4 is 39.1 Å². The van der Waals surface area contributed by atoms with E-state index < -0.39 is 0 Å². The van der Waals surface area contributed by atoms with Crippen molar-refractivity contribution in [3.05, 3.63) is 59.1 Å². The van der Waals surface area contributed by atoms with Crippen LogP contribution in [0, 0.1) is 0 Å². The number of carbonyl (C=O) groups is 2. The number of thiazole rings is 1. The maximum absolute atomic E-state index is 12.1. The van der Waals surface area contributed by atoms with Gasteiger partial charge in [0, 0.05) is 25.1 Å². The molecule has 0 atom stereocenters. The molecule has 0 saturated carbocycles. The zero-order valence-corrected chi connectivity index (χ0v) is 16.8. The molecule has 0 fully saturated rings. The van der Waals surface area contributed by atoms with Crippen LogP contribution >= 0.6 is 11.3 Å². The smallest absolute Gasteiger partial charge is 0.224 e. The van der Waals surface area contributed by atoms with Gasteiger partial charge in [-0.05, 0) is 49.1 Å². The lowest BCUT2D eigenvalue weighted by molar-refractivity contribution is -0.121. The number of rotatable bonds is 9. The first-order chi connectivity index (χ1) is 13.6. The molecule has 2 amide bonds. The Balaban J connectivity index is 1.38. The number of para-hydroxylation sites is 1. The largest absolute Gasteiger partial charge is 0.352 e. The Morgan fingerprint density at radius 3 is 2.54 bits per heavy atom. The highest BCUT2D eigenvalue weighted by molar-refractivity contribution is 7.18. The number of aryl methyl sites for hydroxylation is 1. The number of hydrogen-bond donors (Lipinski definition) is 2. The summed E-state index contributed by atoms with van der Waals surface area (Å²) in [6.07, 6.45) is 3.44. The molecule has 3 rings (SSSR count). The van der Waals surface area contributed by atoms with Gasteiger partial charge in [-0.25, -0.2) is 4.98 Å². The lowest BCUT2D eigenvalue weighted by Gasteiger charge is -2.07. The van der Waals surface area contributed by atoms with Gasteiger partial charge in [-0.3, -0.25) is 9.59 Å². The van der Waals surface area contributed by atoms with E-state index in [4.69, 9.17) is 0 Å². The van der Waals surface area contributed by atoms with Gasteiger partial charge in [0.05, 0.1) is 15.2 Å². The molecule has 1 heterocycles. The first kappa shape index (κ1) is 20.0. The molecule has 28 heavy (non-hydrogen) atoms. The molecule has 0 unspecified atom stereocenters. The Kier molecular flexibility index (Phi) is 7.14. The van der Waals surface area contributed by atoms with Crippen LogP contribution in [0.3, 0.4) is 0 Å². The molecule has 2 N–H and O–H groups in total. The van der Waals surface area contributed by atoms with Gasteiger partial charge in [0.1, 0.15) is 0 Å². The zero-order valence-electron chi connectivity index (χ0n) is 16.0. The van der Waals surface area contributed by atoms with Gasteiger partial charge in [-0.1, -0.05) is 31.2 Å². The van der Waals surface area contributed by atoms with E-state index in [9.17, 15) is 9.59 Å². The van der Waals surface area contributed by atoms with Gasteiger partial charge in [0.15, 0.2) is 0 Å². The predicted octanol–water partition coefficient (Wildman–Crippen LogP) is 4.67. The average Bonchev–Trinajstić information content (AvgIpc) is 3.10. The van der Waals surface area contributed by atoms with Gasteiger partial charge in [0.2, 0.25) is 11.8 Å². The van der Waals surface area contributed by atoms with E-state index in [-0.39, 0.29) is 11.8 Å². The molecule has 0 aliphatic carbocycles. The molecule has 5 nitrogen and oxygen atoms in total. The van der Waals surface area contributed by atoms with Crippen molar-refractivity contribution in [2.45, 2.75) is 45.6 Å². The van der Waals surface area contributed by atoms with Crippen LogP contribution in [-0.2, 0) is 22.6 Å². The molecule has 0 radical (unpaired) electrons. The van der Waals surface area contributed by atoms with Crippen LogP contribution in [0.5, 0.6) is 0 Å². The lowest BCUT2D eigenvalue weighted by atomic mass is 10.2. The summed E-state index contributed by atoms with van der Waals surface area (Å²) in [5.74, 6) is 0.0677. The minimum Gasteiger partial charge on any atom is -0.352 e. The number of benzene rings is 2. The molecule has 0 saturated heterocycles. The average molecular weight is 396 g/mol. The summed E-state index contributed by atoms with van der Waals surface area (Å²) in [5.41, 5.74) is 2.82. The molecule has 0 aliphatic rings. The van der Waals surface area contributed by atoms with E-state index in [2.05, 4.69) is 21.7 Å². The third-order valence-corrected chi connectivity index (χ3v) is 5.43. The standard InChI is InChI=1S/C22H25N3O2S/c1-2-6-21(27)24-17-13-11-16(12-14-17)15-23-20(26)9-5-10-22-25-18-7-3-4-8-19(18)28-22/h3-4,7-8,11-14H,2,5-6,9-10,15H2,1H3,(H,23,26)(H,24,27). The number of amides is 2. The van der Waals surface area contributed by atoms with E-state index in [1.54, 1.807) is 11.3 Å². The number of hydrogen-bond acceptors (Lipinski definition) is 4. The SMILES string of the molecule is CCCC(=O)Nc1ccc(CNC(=O)CCCc2nc3ccccc3s2)cc1. The number of fused-ring (bicyclic) bond motifs is 1. The Morgan fingerprint density at radius 2 is 1.79 bits per heavy atom. The monoisotopic (exact) mass is 395 g/mol. The van der Waals surface area contributed by atoms with E-state index in [1.165, 1.54) is 4.70 Å². The molecular weight excluding hydrogens is 370 g/mol. The van der Waals surface area contributed by atoms with E-state index in [0.717, 1.165) is 41.0 Å². The minimum atomic E-state index is 0.0247. The normalized spacial score (nSPS) is 10.8. The highest BCUT2D eigenvalue weighted by atomic mass is 32.1. The van der Waals surface area contributed by atoms with Crippen LogP contribution in [0.1, 0.15) is 43.2 Å². The van der Waals surface area contributed by atoms with Gasteiger partial charge < -0.3 is 10.6 Å². The summed E-state index contributed by atoms with van der Waals surface area (Å²) in [7, 11) is 0. The Hall–Kier alpha value is -2.73. The van der Waals surface area contributed by atoms with Crippen molar-refractivity contribution in [3.8, 4) is 0 Å². The molecule has 3 aromatic rings. The van der Waals surface area contributed by atoms with E-state index in [0.29, 0.717) is 19.4 Å². The van der Waals surface area contributed by atoms with Crippen LogP contribution in [-0.4, -0.2) is 16.8 Å². The number of anilines is 1. The van der Waals surface area contributed by atoms with Gasteiger partial charge in [-0.15, -0.1) is 11.3 Å². The predicted molar refractivity (Wildman–Crippen MR) is 114 cm³/mol. The number of nitrogens with one attached hydrogen (secondary N) is 2. The molecule has 0 aliphatic heterocycles. The summed E-state index contributed by atoms with van der Waals surface area (Å²) in [5, 5.41) is 6.88. The van der Waals surface area contributed by atoms with Gasteiger partial charge in [-0.2, -0.15) is 0 Å². The van der Waals surface area contributed by atoms with E-state index in [1.807, 2.05) is 49.4 Å². The van der Waals surface area contributed by atoms with Gasteiger partial charge >= 0.3 is 0 Å². The molecule has 6 heteroatoms. The van der Waals surface area contributed by atoms with Crippen LogP contribution in [0.25, 0.3) is 10.2 Å². The maximum Gasteiger partial charge on any atom is 0.224 e. The molecule has 0 spiro atoms. The first-order valence-corrected chi connectivity index (χ1v) is 10.5. The highest BCUT2D eigenvalue weighted by Crippen LogP contribution is 2.22. The molecule has 1 aromatic heterocycles. The Morgan fingerprint density at radius 1 is 1.00 bits per heavy atom. The van der Waals surface area contributed by atoms with Crippen LogP contribution < -0.4 is 10.6 Å². The second-order valence-corrected chi connectivity index (χ2v) is 7.82. The van der Waals surface area contributed by atoms with E-state index >= 15 is 0 Å². The topological polar surface area (TPSA) is 71.1 Å². The quantitative estimate of drug-likeness (QED) is 0.553. The number of aromatic nitrogens is 1. The summed E-state index contributed by atoms with van der Waals surface area (Å²) in [6.45, 7) is 2.47.